The van der Waals surface area contributed by atoms with E-state index in [0.717, 1.165) is 44.5 Å². The van der Waals surface area contributed by atoms with Crippen LogP contribution in [0, 0.1) is 24.0 Å². The Bertz CT molecular complexity index is 1600. The second-order valence-electron chi connectivity index (χ2n) is 9.01. The number of rotatable bonds is 7. The van der Waals surface area contributed by atoms with E-state index in [4.69, 9.17) is 0 Å². The van der Waals surface area contributed by atoms with Gasteiger partial charge in [0.05, 0.1) is 15.5 Å². The van der Waals surface area contributed by atoms with Crippen LogP contribution in [0.5, 0.6) is 0 Å². The number of amidine groups is 1. The number of nitro benzene ring substituents is 1. The maximum atomic E-state index is 12.7. The molecule has 3 aromatic carbocycles. The molecule has 0 atom stereocenters. The van der Waals surface area contributed by atoms with Gasteiger partial charge < -0.3 is 9.88 Å². The predicted molar refractivity (Wildman–Crippen MR) is 159 cm³/mol. The van der Waals surface area contributed by atoms with E-state index in [2.05, 4.69) is 40.0 Å². The summed E-state index contributed by atoms with van der Waals surface area (Å²) >= 11 is 2.89. The van der Waals surface area contributed by atoms with Crippen molar-refractivity contribution in [1.82, 2.24) is 9.88 Å². The second kappa shape index (κ2) is 11.3. The van der Waals surface area contributed by atoms with Crippen LogP contribution < -0.4 is 5.32 Å². The monoisotopic (exact) mass is 554 g/mol. The molecule has 1 saturated heterocycles. The molecule has 0 spiro atoms. The van der Waals surface area contributed by atoms with Crippen molar-refractivity contribution >= 4 is 52.0 Å². The van der Waals surface area contributed by atoms with Crippen molar-refractivity contribution in [3.8, 4) is 5.69 Å². The van der Waals surface area contributed by atoms with Gasteiger partial charge in [0.25, 0.3) is 11.6 Å². The normalized spacial score (nSPS) is 15.2. The number of nitrogens with zero attached hydrogens (tertiary/aromatic N) is 3. The van der Waals surface area contributed by atoms with Crippen molar-refractivity contribution < 1.29 is 9.72 Å². The van der Waals surface area contributed by atoms with Gasteiger partial charge in [0.1, 0.15) is 0 Å². The summed E-state index contributed by atoms with van der Waals surface area (Å²) in [4.78, 5) is 30.3. The number of thioether (sulfide) groups is 1. The fraction of sp³-hybridized carbons (Fsp3) is 0.133. The zero-order chi connectivity index (χ0) is 27.5. The van der Waals surface area contributed by atoms with E-state index in [1.165, 1.54) is 29.5 Å². The number of benzene rings is 3. The zero-order valence-electron chi connectivity index (χ0n) is 21.7. The lowest BCUT2D eigenvalue weighted by atomic mass is 10.2. The van der Waals surface area contributed by atoms with Gasteiger partial charge in [0, 0.05) is 39.0 Å². The Morgan fingerprint density at radius 3 is 2.26 bits per heavy atom. The van der Waals surface area contributed by atoms with Gasteiger partial charge >= 0.3 is 0 Å². The number of aryl methyl sites for hydroxylation is 2. The molecule has 1 fully saturated rings. The van der Waals surface area contributed by atoms with Crippen molar-refractivity contribution in [1.29, 1.82) is 0 Å². The number of nitro groups is 1. The number of amides is 1. The maximum absolute atomic E-state index is 12.7. The van der Waals surface area contributed by atoms with E-state index in [0.29, 0.717) is 10.1 Å². The van der Waals surface area contributed by atoms with Gasteiger partial charge in [-0.05, 0) is 104 Å². The quantitative estimate of drug-likeness (QED) is 0.144. The van der Waals surface area contributed by atoms with E-state index in [1.807, 2.05) is 56.3 Å². The molecule has 0 aliphatic carbocycles. The number of carbonyl (C=O) groups is 1. The van der Waals surface area contributed by atoms with Crippen LogP contribution in [0.25, 0.3) is 11.8 Å². The topological polar surface area (TPSA) is 89.5 Å². The fourth-order valence-electron chi connectivity index (χ4n) is 4.31. The number of hydrogen-bond donors (Lipinski definition) is 1. The van der Waals surface area contributed by atoms with Gasteiger partial charge in [-0.2, -0.15) is 0 Å². The molecular weight excluding hydrogens is 528 g/mol. The van der Waals surface area contributed by atoms with Gasteiger partial charge in [-0.25, -0.2) is 4.99 Å². The molecule has 39 heavy (non-hydrogen) atoms. The average molecular weight is 555 g/mol. The van der Waals surface area contributed by atoms with Gasteiger partial charge in [-0.3, -0.25) is 14.9 Å². The van der Waals surface area contributed by atoms with Gasteiger partial charge in [0.15, 0.2) is 5.17 Å². The lowest BCUT2D eigenvalue weighted by molar-refractivity contribution is -0.384. The summed E-state index contributed by atoms with van der Waals surface area (Å²) in [6, 6.07) is 24.8. The molecular formula is C30H26N4O3S2. The minimum atomic E-state index is -0.397. The Hall–Kier alpha value is -4.08. The van der Waals surface area contributed by atoms with Crippen LogP contribution in [0.1, 0.15) is 29.4 Å². The fourth-order valence-corrected chi connectivity index (χ4v) is 5.96. The first-order valence-electron chi connectivity index (χ1n) is 12.4. The average Bonchev–Trinajstić information content (AvgIpc) is 3.42. The van der Waals surface area contributed by atoms with Crippen LogP contribution in [-0.2, 0) is 11.2 Å². The highest BCUT2D eigenvalue weighted by Crippen LogP contribution is 2.32. The molecule has 7 nitrogen and oxygen atoms in total. The van der Waals surface area contributed by atoms with Crippen molar-refractivity contribution in [2.45, 2.75) is 37.0 Å². The maximum Gasteiger partial charge on any atom is 0.269 e. The van der Waals surface area contributed by atoms with E-state index in [-0.39, 0.29) is 11.6 Å². The number of nitrogens with one attached hydrogen (secondary N) is 1. The van der Waals surface area contributed by atoms with Crippen LogP contribution in [0.4, 0.5) is 11.4 Å². The summed E-state index contributed by atoms with van der Waals surface area (Å²) in [7, 11) is 0. The third kappa shape index (κ3) is 6.00. The van der Waals surface area contributed by atoms with E-state index < -0.39 is 4.92 Å². The molecule has 1 N–H and O–H groups in total. The highest BCUT2D eigenvalue weighted by molar-refractivity contribution is 8.18. The van der Waals surface area contributed by atoms with Crippen LogP contribution in [0.15, 0.2) is 98.6 Å². The summed E-state index contributed by atoms with van der Waals surface area (Å²) in [6.07, 6.45) is 2.89. The lowest BCUT2D eigenvalue weighted by Crippen LogP contribution is -2.19. The van der Waals surface area contributed by atoms with E-state index in [1.54, 1.807) is 23.9 Å². The van der Waals surface area contributed by atoms with E-state index >= 15 is 0 Å². The summed E-state index contributed by atoms with van der Waals surface area (Å²) in [5.41, 5.74) is 6.22. The highest BCUT2D eigenvalue weighted by Gasteiger charge is 2.24. The van der Waals surface area contributed by atoms with Crippen LogP contribution in [0.3, 0.4) is 0 Å². The minimum absolute atomic E-state index is 0.0812. The molecule has 1 amide bonds. The number of carbonyl (C=O) groups excluding carboxylic acids is 1. The Labute approximate surface area is 235 Å². The summed E-state index contributed by atoms with van der Waals surface area (Å²) in [5, 5.41) is 14.3. The number of aromatic nitrogens is 1. The van der Waals surface area contributed by atoms with Crippen molar-refractivity contribution in [2.24, 2.45) is 4.99 Å². The smallest absolute Gasteiger partial charge is 0.269 e. The molecule has 1 aromatic heterocycles. The largest absolute Gasteiger partial charge is 0.318 e. The summed E-state index contributed by atoms with van der Waals surface area (Å²) in [5.74, 6) is -0.152. The molecule has 5 rings (SSSR count). The molecule has 196 valence electrons. The second-order valence-corrected chi connectivity index (χ2v) is 11.2. The Morgan fingerprint density at radius 2 is 1.64 bits per heavy atom. The molecule has 4 aromatic rings. The number of aliphatic imine (C=N–C) groups is 1. The molecule has 0 unspecified atom stereocenters. The SMILES string of the molecule is CCc1ccc(N=C2NC(=O)/C(=C/c3cc(C)n(-c4ccc(Sc5ccc([N+](=O)[O-])cc5)cc4)c3C)S2)cc1. The number of non-ortho nitro benzene ring substituents is 1. The van der Waals surface area contributed by atoms with Crippen molar-refractivity contribution in [3.05, 3.63) is 116 Å². The summed E-state index contributed by atoms with van der Waals surface area (Å²) < 4.78 is 2.16. The minimum Gasteiger partial charge on any atom is -0.318 e. The zero-order valence-corrected chi connectivity index (χ0v) is 23.3. The summed E-state index contributed by atoms with van der Waals surface area (Å²) in [6.45, 7) is 6.20. The first kappa shape index (κ1) is 26.5. The van der Waals surface area contributed by atoms with Gasteiger partial charge in [-0.1, -0.05) is 30.8 Å². The van der Waals surface area contributed by atoms with Crippen LogP contribution in [-0.4, -0.2) is 20.6 Å². The molecule has 0 radical (unpaired) electrons. The lowest BCUT2D eigenvalue weighted by Gasteiger charge is -2.11. The Kier molecular flexibility index (Phi) is 7.72. The molecule has 9 heteroatoms. The molecule has 0 saturated carbocycles. The predicted octanol–water partition coefficient (Wildman–Crippen LogP) is 7.61. The standard InChI is InChI=1S/C30H26N4O3S2/c1-4-21-5-7-23(8-6-21)31-30-32-29(35)28(39-30)18-22-17-19(2)33(20(22)3)24-9-13-26(14-10-24)38-27-15-11-25(12-16-27)34(36)37/h5-18H,4H2,1-3H3,(H,31,32,35)/b28-18-. The Morgan fingerprint density at radius 1 is 1.00 bits per heavy atom. The van der Waals surface area contributed by atoms with Crippen molar-refractivity contribution in [2.75, 3.05) is 0 Å². The van der Waals surface area contributed by atoms with E-state index in [9.17, 15) is 14.9 Å². The van der Waals surface area contributed by atoms with Crippen LogP contribution >= 0.6 is 23.5 Å². The van der Waals surface area contributed by atoms with Crippen LogP contribution in [0.2, 0.25) is 0 Å². The molecule has 1 aliphatic heterocycles. The number of hydrogen-bond acceptors (Lipinski definition) is 6. The first-order chi connectivity index (χ1) is 18.8. The molecule has 1 aliphatic rings. The first-order valence-corrected chi connectivity index (χ1v) is 14.0. The highest BCUT2D eigenvalue weighted by atomic mass is 32.2. The molecule has 0 bridgehead atoms. The van der Waals surface area contributed by atoms with Gasteiger partial charge in [-0.15, -0.1) is 0 Å². The van der Waals surface area contributed by atoms with Gasteiger partial charge in [0.2, 0.25) is 0 Å². The van der Waals surface area contributed by atoms with Crippen molar-refractivity contribution in [3.63, 3.8) is 0 Å². The third-order valence-corrected chi connectivity index (χ3v) is 8.29. The Balaban J connectivity index is 1.32. The molecule has 2 heterocycles. The third-order valence-electron chi connectivity index (χ3n) is 6.36.